The molecule has 0 radical (unpaired) electrons. The van der Waals surface area contributed by atoms with Gasteiger partial charge in [-0.05, 0) is 79.2 Å². The number of halogens is 4. The van der Waals surface area contributed by atoms with Crippen LogP contribution in [-0.2, 0) is 0 Å². The molecule has 1 N–H and O–H groups in total. The summed E-state index contributed by atoms with van der Waals surface area (Å²) in [6.45, 7) is 1.74. The first-order chi connectivity index (χ1) is 14.7. The molecule has 1 heterocycles. The number of alkyl halides is 3. The molecule has 0 amide bonds. The molecule has 0 saturated heterocycles. The second-order valence-corrected chi connectivity index (χ2v) is 7.23. The Kier molecular flexibility index (Phi) is 5.37. The summed E-state index contributed by atoms with van der Waals surface area (Å²) >= 11 is 6.00. The number of aromatic amines is 1. The molecule has 4 rings (SSSR count). The number of hydrogen-bond acceptors (Lipinski definition) is 3. The van der Waals surface area contributed by atoms with Gasteiger partial charge in [0.25, 0.3) is 0 Å². The van der Waals surface area contributed by atoms with Gasteiger partial charge < -0.3 is 14.5 Å². The first kappa shape index (κ1) is 20.8. The Hall–Kier alpha value is -3.45. The monoisotopic (exact) mass is 445 g/mol. The molecule has 0 atom stereocenters. The summed E-state index contributed by atoms with van der Waals surface area (Å²) in [4.78, 5) is 16.0. The van der Waals surface area contributed by atoms with Crippen LogP contribution in [-0.4, -0.2) is 11.3 Å². The van der Waals surface area contributed by atoms with Crippen LogP contribution >= 0.6 is 11.6 Å². The number of aromatic nitrogens is 1. The van der Waals surface area contributed by atoms with Crippen molar-refractivity contribution < 1.29 is 22.6 Å². The fourth-order valence-corrected chi connectivity index (χ4v) is 3.35. The van der Waals surface area contributed by atoms with Crippen LogP contribution in [0.15, 0.2) is 71.5 Å². The van der Waals surface area contributed by atoms with Gasteiger partial charge in [-0.3, -0.25) is 4.79 Å². The highest BCUT2D eigenvalue weighted by Crippen LogP contribution is 2.29. The molecule has 3 aromatic carbocycles. The molecule has 0 bridgehead atoms. The summed E-state index contributed by atoms with van der Waals surface area (Å²) in [6.07, 6.45) is -4.74. The van der Waals surface area contributed by atoms with Crippen molar-refractivity contribution in [1.29, 1.82) is 0 Å². The van der Waals surface area contributed by atoms with Gasteiger partial charge in [-0.25, -0.2) is 0 Å². The lowest BCUT2D eigenvalue weighted by atomic mass is 10.0. The van der Waals surface area contributed by atoms with Crippen molar-refractivity contribution in [1.82, 2.24) is 4.98 Å². The van der Waals surface area contributed by atoms with E-state index in [-0.39, 0.29) is 11.2 Å². The first-order valence-corrected chi connectivity index (χ1v) is 9.54. The maximum absolute atomic E-state index is 12.7. The number of ether oxygens (including phenoxy) is 2. The SMILES string of the molecule is Cc1c(-c2ccc(Oc3ccc(OC(F)(F)F)cc3)cc2)[nH]c2ccc(Cl)cc2c1=O. The minimum Gasteiger partial charge on any atom is -0.457 e. The molecule has 0 spiro atoms. The smallest absolute Gasteiger partial charge is 0.457 e. The van der Waals surface area contributed by atoms with Crippen LogP contribution in [0, 0.1) is 6.92 Å². The summed E-state index contributed by atoms with van der Waals surface area (Å²) < 4.78 is 46.2. The highest BCUT2D eigenvalue weighted by atomic mass is 35.5. The van der Waals surface area contributed by atoms with Crippen molar-refractivity contribution in [3.05, 3.63) is 87.5 Å². The summed E-state index contributed by atoms with van der Waals surface area (Å²) in [7, 11) is 0. The van der Waals surface area contributed by atoms with Crippen molar-refractivity contribution in [2.45, 2.75) is 13.3 Å². The van der Waals surface area contributed by atoms with Gasteiger partial charge in [-0.15, -0.1) is 13.2 Å². The minimum absolute atomic E-state index is 0.104. The molecule has 0 aliphatic rings. The maximum atomic E-state index is 12.7. The zero-order chi connectivity index (χ0) is 22.2. The van der Waals surface area contributed by atoms with Crippen molar-refractivity contribution in [3.63, 3.8) is 0 Å². The molecule has 31 heavy (non-hydrogen) atoms. The molecule has 0 saturated carbocycles. The second-order valence-electron chi connectivity index (χ2n) is 6.79. The van der Waals surface area contributed by atoms with E-state index in [1.807, 2.05) is 0 Å². The zero-order valence-electron chi connectivity index (χ0n) is 16.1. The van der Waals surface area contributed by atoms with E-state index in [4.69, 9.17) is 16.3 Å². The molecule has 158 valence electrons. The average molecular weight is 446 g/mol. The van der Waals surface area contributed by atoms with Crippen LogP contribution in [0.5, 0.6) is 17.2 Å². The fourth-order valence-electron chi connectivity index (χ4n) is 3.18. The van der Waals surface area contributed by atoms with Crippen LogP contribution in [0.25, 0.3) is 22.2 Å². The van der Waals surface area contributed by atoms with E-state index in [0.29, 0.717) is 38.7 Å². The van der Waals surface area contributed by atoms with Crippen molar-refractivity contribution >= 4 is 22.5 Å². The number of pyridine rings is 1. The Labute approximate surface area is 179 Å². The first-order valence-electron chi connectivity index (χ1n) is 9.16. The van der Waals surface area contributed by atoms with Crippen LogP contribution in [0.1, 0.15) is 5.56 Å². The second kappa shape index (κ2) is 8.00. The molecule has 4 aromatic rings. The highest BCUT2D eigenvalue weighted by Gasteiger charge is 2.31. The quantitative estimate of drug-likeness (QED) is 0.374. The third kappa shape index (κ3) is 4.67. The van der Waals surface area contributed by atoms with Gasteiger partial charge >= 0.3 is 6.36 Å². The van der Waals surface area contributed by atoms with Gasteiger partial charge in [-0.2, -0.15) is 0 Å². The Balaban J connectivity index is 1.57. The van der Waals surface area contributed by atoms with Crippen molar-refractivity contribution in [3.8, 4) is 28.5 Å². The highest BCUT2D eigenvalue weighted by molar-refractivity contribution is 6.31. The number of H-pyrrole nitrogens is 1. The Bertz CT molecular complexity index is 1300. The van der Waals surface area contributed by atoms with Crippen molar-refractivity contribution in [2.24, 2.45) is 0 Å². The van der Waals surface area contributed by atoms with Crippen LogP contribution in [0.3, 0.4) is 0 Å². The van der Waals surface area contributed by atoms with E-state index >= 15 is 0 Å². The summed E-state index contributed by atoms with van der Waals surface area (Å²) in [6, 6.07) is 17.2. The summed E-state index contributed by atoms with van der Waals surface area (Å²) in [5.74, 6) is 0.516. The van der Waals surface area contributed by atoms with E-state index in [1.165, 1.54) is 24.3 Å². The van der Waals surface area contributed by atoms with E-state index < -0.39 is 6.36 Å². The van der Waals surface area contributed by atoms with E-state index in [2.05, 4.69) is 9.72 Å². The van der Waals surface area contributed by atoms with Gasteiger partial charge in [0, 0.05) is 21.5 Å². The van der Waals surface area contributed by atoms with E-state index in [9.17, 15) is 18.0 Å². The van der Waals surface area contributed by atoms with Gasteiger partial charge in [0.15, 0.2) is 5.43 Å². The topological polar surface area (TPSA) is 51.3 Å². The largest absolute Gasteiger partial charge is 0.573 e. The summed E-state index contributed by atoms with van der Waals surface area (Å²) in [5.41, 5.74) is 2.60. The average Bonchev–Trinajstić information content (AvgIpc) is 2.72. The van der Waals surface area contributed by atoms with Crippen LogP contribution in [0.2, 0.25) is 5.02 Å². The van der Waals surface area contributed by atoms with Gasteiger partial charge in [0.1, 0.15) is 17.2 Å². The molecule has 8 heteroatoms. The van der Waals surface area contributed by atoms with Crippen molar-refractivity contribution in [2.75, 3.05) is 0 Å². The molecular weight excluding hydrogens is 431 g/mol. The fraction of sp³-hybridized carbons (Fsp3) is 0.0870. The van der Waals surface area contributed by atoms with Crippen LogP contribution < -0.4 is 14.9 Å². The molecule has 0 fully saturated rings. The lowest BCUT2D eigenvalue weighted by Crippen LogP contribution is -2.16. The lowest BCUT2D eigenvalue weighted by Gasteiger charge is -2.11. The third-order valence-electron chi connectivity index (χ3n) is 4.64. The predicted octanol–water partition coefficient (Wildman–Crippen LogP) is 6.85. The molecule has 0 unspecified atom stereocenters. The number of nitrogens with one attached hydrogen (secondary N) is 1. The Morgan fingerprint density at radius 1 is 0.871 bits per heavy atom. The van der Waals surface area contributed by atoms with Gasteiger partial charge in [0.05, 0.1) is 5.69 Å². The molecule has 1 aromatic heterocycles. The predicted molar refractivity (Wildman–Crippen MR) is 113 cm³/mol. The Morgan fingerprint density at radius 2 is 1.45 bits per heavy atom. The third-order valence-corrected chi connectivity index (χ3v) is 4.87. The number of rotatable bonds is 4. The number of benzene rings is 3. The van der Waals surface area contributed by atoms with E-state index in [0.717, 1.165) is 5.56 Å². The lowest BCUT2D eigenvalue weighted by molar-refractivity contribution is -0.274. The molecule has 0 aliphatic carbocycles. The summed E-state index contributed by atoms with van der Waals surface area (Å²) in [5, 5.41) is 1.01. The maximum Gasteiger partial charge on any atom is 0.573 e. The molecule has 4 nitrogen and oxygen atoms in total. The number of fused-ring (bicyclic) bond motifs is 1. The number of hydrogen-bond donors (Lipinski definition) is 1. The zero-order valence-corrected chi connectivity index (χ0v) is 16.8. The van der Waals surface area contributed by atoms with Crippen LogP contribution in [0.4, 0.5) is 13.2 Å². The Morgan fingerprint density at radius 3 is 2.06 bits per heavy atom. The van der Waals surface area contributed by atoms with Gasteiger partial charge in [0.2, 0.25) is 0 Å². The standard InChI is InChI=1S/C23H15ClF3NO3/c1-13-21(28-20-11-4-15(24)12-19(20)22(13)29)14-2-5-16(6-3-14)30-17-7-9-18(10-8-17)31-23(25,26)27/h2-12H,1H3,(H,28,29). The normalized spacial score (nSPS) is 11.5. The van der Waals surface area contributed by atoms with Gasteiger partial charge in [-0.1, -0.05) is 11.6 Å². The van der Waals surface area contributed by atoms with E-state index in [1.54, 1.807) is 49.4 Å². The molecule has 0 aliphatic heterocycles. The molecular formula is C23H15ClF3NO3. The minimum atomic E-state index is -4.74.